The van der Waals surface area contributed by atoms with Crippen molar-refractivity contribution in [3.8, 4) is 0 Å². The number of halogens is 1. The zero-order valence-corrected chi connectivity index (χ0v) is 13.2. The highest BCUT2D eigenvalue weighted by Crippen LogP contribution is 2.33. The molecule has 0 bridgehead atoms. The second-order valence-electron chi connectivity index (χ2n) is 6.09. The summed E-state index contributed by atoms with van der Waals surface area (Å²) < 4.78 is 0. The summed E-state index contributed by atoms with van der Waals surface area (Å²) in [4.78, 5) is 2.74. The molecule has 0 amide bonds. The second kappa shape index (κ2) is 6.41. The Balaban J connectivity index is 1.73. The first-order valence-electron chi connectivity index (χ1n) is 7.76. The van der Waals surface area contributed by atoms with Crippen molar-refractivity contribution in [3.05, 3.63) is 35.4 Å². The van der Waals surface area contributed by atoms with Crippen LogP contribution < -0.4 is 0 Å². The molecule has 0 radical (unpaired) electrons. The van der Waals surface area contributed by atoms with Crippen molar-refractivity contribution in [2.75, 3.05) is 18.4 Å². The van der Waals surface area contributed by atoms with Gasteiger partial charge in [-0.3, -0.25) is 4.90 Å². The minimum absolute atomic E-state index is 0.767. The number of alkyl halides is 1. The number of aryl methyl sites for hydroxylation is 1. The fourth-order valence-corrected chi connectivity index (χ4v) is 4.54. The summed E-state index contributed by atoms with van der Waals surface area (Å²) in [6, 6.07) is 9.88. The van der Waals surface area contributed by atoms with Crippen LogP contribution in [0.1, 0.15) is 49.1 Å². The molecule has 0 saturated carbocycles. The van der Waals surface area contributed by atoms with Gasteiger partial charge in [-0.15, -0.1) is 0 Å². The van der Waals surface area contributed by atoms with Gasteiger partial charge in [-0.2, -0.15) is 0 Å². The largest absolute Gasteiger partial charge is 0.299 e. The van der Waals surface area contributed by atoms with E-state index in [1.807, 2.05) is 0 Å². The van der Waals surface area contributed by atoms with Crippen molar-refractivity contribution in [2.45, 2.75) is 50.5 Å². The van der Waals surface area contributed by atoms with E-state index in [0.717, 1.165) is 17.3 Å². The second-order valence-corrected chi connectivity index (χ2v) is 6.73. The Kier molecular flexibility index (Phi) is 4.60. The molecule has 0 spiro atoms. The van der Waals surface area contributed by atoms with E-state index >= 15 is 0 Å². The first kappa shape index (κ1) is 13.6. The first-order chi connectivity index (χ1) is 9.38. The maximum absolute atomic E-state index is 3.71. The normalized spacial score (nSPS) is 28.1. The van der Waals surface area contributed by atoms with E-state index in [1.54, 1.807) is 11.1 Å². The van der Waals surface area contributed by atoms with Gasteiger partial charge in [-0.25, -0.2) is 0 Å². The minimum atomic E-state index is 0.767. The molecule has 1 aliphatic heterocycles. The molecule has 104 valence electrons. The SMILES string of the molecule is BrCC1CCCCN1CC1CCCc2ccccc21. The van der Waals surface area contributed by atoms with Gasteiger partial charge < -0.3 is 0 Å². The van der Waals surface area contributed by atoms with Gasteiger partial charge in [0.1, 0.15) is 0 Å². The summed E-state index contributed by atoms with van der Waals surface area (Å²) in [6.07, 6.45) is 8.21. The lowest BCUT2D eigenvalue weighted by atomic mass is 9.82. The fraction of sp³-hybridized carbons (Fsp3) is 0.647. The number of hydrogen-bond donors (Lipinski definition) is 0. The average Bonchev–Trinajstić information content (AvgIpc) is 2.48. The zero-order chi connectivity index (χ0) is 13.1. The summed E-state index contributed by atoms with van der Waals surface area (Å²) in [6.45, 7) is 2.57. The quantitative estimate of drug-likeness (QED) is 0.748. The van der Waals surface area contributed by atoms with Crippen molar-refractivity contribution >= 4 is 15.9 Å². The maximum Gasteiger partial charge on any atom is 0.0193 e. The van der Waals surface area contributed by atoms with Crippen LogP contribution in [0.5, 0.6) is 0 Å². The number of benzene rings is 1. The lowest BCUT2D eigenvalue weighted by molar-refractivity contribution is 0.151. The Morgan fingerprint density at radius 2 is 2.00 bits per heavy atom. The van der Waals surface area contributed by atoms with E-state index in [-0.39, 0.29) is 0 Å². The number of hydrogen-bond acceptors (Lipinski definition) is 1. The smallest absolute Gasteiger partial charge is 0.0193 e. The average molecular weight is 322 g/mol. The van der Waals surface area contributed by atoms with Gasteiger partial charge >= 0.3 is 0 Å². The molecule has 1 fully saturated rings. The predicted molar refractivity (Wildman–Crippen MR) is 85.1 cm³/mol. The topological polar surface area (TPSA) is 3.24 Å². The van der Waals surface area contributed by atoms with Crippen LogP contribution in [0.25, 0.3) is 0 Å². The number of rotatable bonds is 3. The Labute approximate surface area is 125 Å². The number of likely N-dealkylation sites (tertiary alicyclic amines) is 1. The van der Waals surface area contributed by atoms with Crippen LogP contribution in [0, 0.1) is 0 Å². The Morgan fingerprint density at radius 1 is 1.11 bits per heavy atom. The summed E-state index contributed by atoms with van der Waals surface area (Å²) in [5.74, 6) is 0.768. The third kappa shape index (κ3) is 3.05. The summed E-state index contributed by atoms with van der Waals surface area (Å²) in [5, 5.41) is 1.14. The molecule has 1 nitrogen and oxygen atoms in total. The van der Waals surface area contributed by atoms with Crippen molar-refractivity contribution in [1.82, 2.24) is 4.90 Å². The van der Waals surface area contributed by atoms with Crippen LogP contribution in [-0.2, 0) is 6.42 Å². The Hall–Kier alpha value is -0.340. The molecule has 1 aliphatic carbocycles. The van der Waals surface area contributed by atoms with E-state index in [1.165, 1.54) is 51.6 Å². The molecule has 2 aliphatic rings. The van der Waals surface area contributed by atoms with Crippen molar-refractivity contribution in [1.29, 1.82) is 0 Å². The lowest BCUT2D eigenvalue weighted by Gasteiger charge is -2.38. The third-order valence-electron chi connectivity index (χ3n) is 4.88. The van der Waals surface area contributed by atoms with Gasteiger partial charge in [-0.05, 0) is 55.7 Å². The highest BCUT2D eigenvalue weighted by molar-refractivity contribution is 9.09. The van der Waals surface area contributed by atoms with E-state index < -0.39 is 0 Å². The molecular formula is C17H24BrN. The zero-order valence-electron chi connectivity index (χ0n) is 11.7. The van der Waals surface area contributed by atoms with Crippen LogP contribution in [0.3, 0.4) is 0 Å². The molecular weight excluding hydrogens is 298 g/mol. The standard InChI is InChI=1S/C17H24BrN/c18-12-16-9-3-4-11-19(16)13-15-8-5-7-14-6-1-2-10-17(14)15/h1-2,6,10,15-16H,3-5,7-9,11-13H2. The van der Waals surface area contributed by atoms with E-state index in [0.29, 0.717) is 0 Å². The van der Waals surface area contributed by atoms with Gasteiger partial charge in [0.05, 0.1) is 0 Å². The van der Waals surface area contributed by atoms with Crippen LogP contribution in [-0.4, -0.2) is 29.4 Å². The monoisotopic (exact) mass is 321 g/mol. The Bertz CT molecular complexity index is 417. The highest BCUT2D eigenvalue weighted by atomic mass is 79.9. The molecule has 2 unspecified atom stereocenters. The fourth-order valence-electron chi connectivity index (χ4n) is 3.80. The minimum Gasteiger partial charge on any atom is -0.299 e. The van der Waals surface area contributed by atoms with Gasteiger partial charge in [0.2, 0.25) is 0 Å². The Morgan fingerprint density at radius 3 is 2.89 bits per heavy atom. The molecule has 1 heterocycles. The molecule has 0 N–H and O–H groups in total. The molecule has 3 rings (SSSR count). The highest BCUT2D eigenvalue weighted by Gasteiger charge is 2.27. The maximum atomic E-state index is 3.71. The number of nitrogens with zero attached hydrogens (tertiary/aromatic N) is 1. The van der Waals surface area contributed by atoms with Crippen LogP contribution in [0.15, 0.2) is 24.3 Å². The number of piperidine rings is 1. The summed E-state index contributed by atoms with van der Waals surface area (Å²) in [7, 11) is 0. The molecule has 0 aromatic heterocycles. The summed E-state index contributed by atoms with van der Waals surface area (Å²) >= 11 is 3.71. The van der Waals surface area contributed by atoms with Crippen LogP contribution in [0.4, 0.5) is 0 Å². The van der Waals surface area contributed by atoms with E-state index in [2.05, 4.69) is 45.1 Å². The molecule has 1 saturated heterocycles. The van der Waals surface area contributed by atoms with E-state index in [9.17, 15) is 0 Å². The molecule has 1 aromatic rings. The summed E-state index contributed by atoms with van der Waals surface area (Å²) in [5.41, 5.74) is 3.23. The predicted octanol–water partition coefficient (Wildman–Crippen LogP) is 4.36. The van der Waals surface area contributed by atoms with Crippen molar-refractivity contribution in [3.63, 3.8) is 0 Å². The van der Waals surface area contributed by atoms with Gasteiger partial charge in [0, 0.05) is 17.9 Å². The lowest BCUT2D eigenvalue weighted by Crippen LogP contribution is -2.43. The molecule has 1 aromatic carbocycles. The van der Waals surface area contributed by atoms with Gasteiger partial charge in [0.15, 0.2) is 0 Å². The van der Waals surface area contributed by atoms with Gasteiger partial charge in [-0.1, -0.05) is 46.6 Å². The van der Waals surface area contributed by atoms with E-state index in [4.69, 9.17) is 0 Å². The molecule has 19 heavy (non-hydrogen) atoms. The van der Waals surface area contributed by atoms with Crippen molar-refractivity contribution in [2.24, 2.45) is 0 Å². The van der Waals surface area contributed by atoms with Gasteiger partial charge in [0.25, 0.3) is 0 Å². The molecule has 2 atom stereocenters. The van der Waals surface area contributed by atoms with Crippen molar-refractivity contribution < 1.29 is 0 Å². The first-order valence-corrected chi connectivity index (χ1v) is 8.88. The van der Waals surface area contributed by atoms with Crippen LogP contribution >= 0.6 is 15.9 Å². The number of fused-ring (bicyclic) bond motifs is 1. The van der Waals surface area contributed by atoms with Crippen LogP contribution in [0.2, 0.25) is 0 Å². The third-order valence-corrected chi connectivity index (χ3v) is 5.62. The molecule has 2 heteroatoms.